The molecule has 6 nitrogen and oxygen atoms in total. The number of nitrogen functional groups attached to an aromatic ring is 1. The molecule has 164 valence electrons. The molecule has 0 aliphatic carbocycles. The Morgan fingerprint density at radius 2 is 1.84 bits per heavy atom. The molecule has 3 aromatic rings. The van der Waals surface area contributed by atoms with Crippen molar-refractivity contribution >= 4 is 44.7 Å². The highest BCUT2D eigenvalue weighted by molar-refractivity contribution is 7.92. The van der Waals surface area contributed by atoms with Gasteiger partial charge in [-0.15, -0.1) is 0 Å². The van der Waals surface area contributed by atoms with Crippen molar-refractivity contribution in [3.05, 3.63) is 70.1 Å². The van der Waals surface area contributed by atoms with Crippen LogP contribution in [0.4, 0.5) is 15.9 Å². The summed E-state index contributed by atoms with van der Waals surface area (Å²) in [5.41, 5.74) is 8.18. The molecule has 1 atom stereocenters. The van der Waals surface area contributed by atoms with Gasteiger partial charge in [-0.25, -0.2) is 17.8 Å². The summed E-state index contributed by atoms with van der Waals surface area (Å²) in [6.07, 6.45) is 0.876. The second-order valence-electron chi connectivity index (χ2n) is 6.71. The number of benzene rings is 2. The van der Waals surface area contributed by atoms with Crippen LogP contribution in [0.25, 0.3) is 11.1 Å². The molecule has 0 spiro atoms. The van der Waals surface area contributed by atoms with Gasteiger partial charge < -0.3 is 10.5 Å². The number of anilines is 2. The summed E-state index contributed by atoms with van der Waals surface area (Å²) in [5.74, 6) is -0.201. The van der Waals surface area contributed by atoms with E-state index in [9.17, 15) is 12.8 Å². The lowest BCUT2D eigenvalue weighted by atomic mass is 10.1. The molecule has 1 aromatic heterocycles. The molecule has 0 aliphatic rings. The summed E-state index contributed by atoms with van der Waals surface area (Å²) in [6, 6.07) is 11.1. The molecule has 2 aromatic carbocycles. The molecule has 0 fully saturated rings. The largest absolute Gasteiger partial charge is 0.482 e. The third kappa shape index (κ3) is 5.39. The Bertz CT molecular complexity index is 1210. The van der Waals surface area contributed by atoms with Crippen molar-refractivity contribution in [1.82, 2.24) is 4.98 Å². The predicted octanol–water partition coefficient (Wildman–Crippen LogP) is 5.68. The Morgan fingerprint density at radius 3 is 2.48 bits per heavy atom. The summed E-state index contributed by atoms with van der Waals surface area (Å²) in [4.78, 5) is 4.16. The van der Waals surface area contributed by atoms with Gasteiger partial charge in [-0.3, -0.25) is 4.72 Å². The molecule has 1 unspecified atom stereocenters. The van der Waals surface area contributed by atoms with Gasteiger partial charge in [0.25, 0.3) is 0 Å². The second kappa shape index (κ2) is 9.30. The highest BCUT2D eigenvalue weighted by Crippen LogP contribution is 2.37. The lowest BCUT2D eigenvalue weighted by Crippen LogP contribution is -2.14. The van der Waals surface area contributed by atoms with Gasteiger partial charge >= 0.3 is 0 Å². The fourth-order valence-corrected chi connectivity index (χ4v) is 4.17. The average molecular weight is 484 g/mol. The third-order valence-electron chi connectivity index (χ3n) is 4.54. The molecule has 0 saturated carbocycles. The summed E-state index contributed by atoms with van der Waals surface area (Å²) in [7, 11) is -3.36. The van der Waals surface area contributed by atoms with Crippen molar-refractivity contribution in [3.8, 4) is 16.9 Å². The maximum Gasteiger partial charge on any atom is 0.232 e. The number of rotatable bonds is 7. The van der Waals surface area contributed by atoms with Gasteiger partial charge in [0.1, 0.15) is 11.9 Å². The van der Waals surface area contributed by atoms with E-state index in [1.165, 1.54) is 12.1 Å². The van der Waals surface area contributed by atoms with E-state index in [1.54, 1.807) is 50.4 Å². The normalized spacial score (nSPS) is 12.4. The van der Waals surface area contributed by atoms with Gasteiger partial charge in [-0.2, -0.15) is 0 Å². The van der Waals surface area contributed by atoms with Crippen LogP contribution in [0.1, 0.15) is 25.5 Å². The van der Waals surface area contributed by atoms with E-state index in [-0.39, 0.29) is 27.4 Å². The van der Waals surface area contributed by atoms with E-state index in [0.717, 1.165) is 5.56 Å². The van der Waals surface area contributed by atoms with Crippen LogP contribution in [0.15, 0.2) is 48.7 Å². The highest BCUT2D eigenvalue weighted by atomic mass is 35.5. The van der Waals surface area contributed by atoms with Crippen LogP contribution in [0.2, 0.25) is 10.0 Å². The number of nitrogens with zero attached hydrogens (tertiary/aromatic N) is 1. The Kier molecular flexibility index (Phi) is 6.93. The number of ether oxygens (including phenoxy) is 1. The summed E-state index contributed by atoms with van der Waals surface area (Å²) < 4.78 is 45.6. The molecule has 0 aliphatic heterocycles. The molecule has 1 heterocycles. The zero-order valence-electron chi connectivity index (χ0n) is 16.7. The molecule has 3 N–H and O–H groups in total. The van der Waals surface area contributed by atoms with Crippen LogP contribution in [-0.4, -0.2) is 19.2 Å². The minimum atomic E-state index is -3.36. The highest BCUT2D eigenvalue weighted by Gasteiger charge is 2.20. The topological polar surface area (TPSA) is 94.3 Å². The van der Waals surface area contributed by atoms with Crippen LogP contribution in [-0.2, 0) is 10.0 Å². The Hall–Kier alpha value is -2.55. The standard InChI is InChI=1S/C21H20Cl2FN3O3S/c1-3-31(28,29)27-15-6-4-13(5-7-15)14-10-18(21(25)26-11-14)30-12(2)19-16(22)8-9-17(24)20(19)23/h4-12,27H,3H2,1-2H3,(H2,25,26). The first kappa shape index (κ1) is 23.1. The van der Waals surface area contributed by atoms with E-state index in [2.05, 4.69) is 9.71 Å². The summed E-state index contributed by atoms with van der Waals surface area (Å²) >= 11 is 12.2. The summed E-state index contributed by atoms with van der Waals surface area (Å²) in [5, 5.41) is 0.152. The first-order chi connectivity index (χ1) is 14.6. The van der Waals surface area contributed by atoms with E-state index >= 15 is 0 Å². The number of aromatic nitrogens is 1. The Labute approximate surface area is 190 Å². The van der Waals surface area contributed by atoms with Crippen molar-refractivity contribution in [1.29, 1.82) is 0 Å². The molecular formula is C21H20Cl2FN3O3S. The van der Waals surface area contributed by atoms with Gasteiger partial charge in [0.05, 0.1) is 10.8 Å². The number of nitrogens with two attached hydrogens (primary N) is 1. The van der Waals surface area contributed by atoms with Crippen molar-refractivity contribution in [2.24, 2.45) is 0 Å². The van der Waals surface area contributed by atoms with E-state index in [0.29, 0.717) is 16.8 Å². The Balaban J connectivity index is 1.86. The second-order valence-corrected chi connectivity index (χ2v) is 9.50. The minimum Gasteiger partial charge on any atom is -0.482 e. The first-order valence-electron chi connectivity index (χ1n) is 9.27. The minimum absolute atomic E-state index is 0.0190. The van der Waals surface area contributed by atoms with E-state index in [4.69, 9.17) is 33.7 Å². The lowest BCUT2D eigenvalue weighted by Gasteiger charge is -2.19. The first-order valence-corrected chi connectivity index (χ1v) is 11.7. The number of hydrogen-bond donors (Lipinski definition) is 2. The number of hydrogen-bond acceptors (Lipinski definition) is 5. The van der Waals surface area contributed by atoms with Gasteiger partial charge in [-0.05, 0) is 49.7 Å². The quantitative estimate of drug-likeness (QED) is 0.421. The van der Waals surface area contributed by atoms with E-state index in [1.807, 2.05) is 0 Å². The molecule has 31 heavy (non-hydrogen) atoms. The van der Waals surface area contributed by atoms with Gasteiger partial charge in [0.15, 0.2) is 11.6 Å². The van der Waals surface area contributed by atoms with Crippen LogP contribution in [0, 0.1) is 5.82 Å². The van der Waals surface area contributed by atoms with Gasteiger partial charge in [0.2, 0.25) is 10.0 Å². The van der Waals surface area contributed by atoms with Crippen molar-refractivity contribution in [2.45, 2.75) is 20.0 Å². The van der Waals surface area contributed by atoms with Crippen LogP contribution < -0.4 is 15.2 Å². The average Bonchev–Trinajstić information content (AvgIpc) is 2.73. The Morgan fingerprint density at radius 1 is 1.16 bits per heavy atom. The maximum atomic E-state index is 13.9. The SMILES string of the molecule is CCS(=O)(=O)Nc1ccc(-c2cnc(N)c(OC(C)c3c(Cl)ccc(F)c3Cl)c2)cc1. The van der Waals surface area contributed by atoms with Gasteiger partial charge in [0, 0.05) is 28.0 Å². The van der Waals surface area contributed by atoms with E-state index < -0.39 is 21.9 Å². The number of sulfonamides is 1. The molecule has 0 bridgehead atoms. The zero-order chi connectivity index (χ0) is 22.8. The zero-order valence-corrected chi connectivity index (χ0v) is 19.0. The molecule has 0 saturated heterocycles. The number of pyridine rings is 1. The number of nitrogens with one attached hydrogen (secondary N) is 1. The maximum absolute atomic E-state index is 13.9. The predicted molar refractivity (Wildman–Crippen MR) is 123 cm³/mol. The van der Waals surface area contributed by atoms with Crippen LogP contribution in [0.3, 0.4) is 0 Å². The third-order valence-corrected chi connectivity index (χ3v) is 6.56. The molecule has 0 amide bonds. The van der Waals surface area contributed by atoms with Gasteiger partial charge in [-0.1, -0.05) is 35.3 Å². The lowest BCUT2D eigenvalue weighted by molar-refractivity contribution is 0.227. The molecule has 10 heteroatoms. The molecule has 3 rings (SSSR count). The number of halogens is 3. The smallest absolute Gasteiger partial charge is 0.232 e. The monoisotopic (exact) mass is 483 g/mol. The summed E-state index contributed by atoms with van der Waals surface area (Å²) in [6.45, 7) is 3.23. The van der Waals surface area contributed by atoms with Crippen molar-refractivity contribution in [2.75, 3.05) is 16.2 Å². The van der Waals surface area contributed by atoms with Crippen molar-refractivity contribution in [3.63, 3.8) is 0 Å². The molecular weight excluding hydrogens is 464 g/mol. The fourth-order valence-electron chi connectivity index (χ4n) is 2.85. The molecule has 0 radical (unpaired) electrons. The van der Waals surface area contributed by atoms with Crippen LogP contribution in [0.5, 0.6) is 5.75 Å². The fraction of sp³-hybridized carbons (Fsp3) is 0.190. The van der Waals surface area contributed by atoms with Crippen molar-refractivity contribution < 1.29 is 17.5 Å². The van der Waals surface area contributed by atoms with Crippen LogP contribution >= 0.6 is 23.2 Å².